The Balaban J connectivity index is 2.86. The first-order valence-electron chi connectivity index (χ1n) is 5.66. The Morgan fingerprint density at radius 2 is 2.18 bits per heavy atom. The van der Waals surface area contributed by atoms with Crippen molar-refractivity contribution >= 4 is 0 Å². The van der Waals surface area contributed by atoms with Gasteiger partial charge in [-0.15, -0.1) is 0 Å². The third kappa shape index (κ3) is 4.48. The molecule has 17 heavy (non-hydrogen) atoms. The average molecular weight is 234 g/mol. The lowest BCUT2D eigenvalue weighted by Crippen LogP contribution is -1.98. The first-order valence-corrected chi connectivity index (χ1v) is 5.66. The van der Waals surface area contributed by atoms with Crippen LogP contribution in [-0.4, -0.2) is 25.4 Å². The average Bonchev–Trinajstić information content (AvgIpc) is 2.37. The molecule has 0 fully saturated rings. The zero-order chi connectivity index (χ0) is 12.5. The Kier molecular flexibility index (Phi) is 6.16. The van der Waals surface area contributed by atoms with Crippen molar-refractivity contribution in [1.82, 2.24) is 0 Å². The standard InChI is InChI=1S/C14H18O3/c1-3-9-17-11-13-10-14(16-2)7-6-12(13)5-4-8-15/h6-7,10,15H,3,8-9,11H2,1-2H3. The lowest BCUT2D eigenvalue weighted by Gasteiger charge is -2.08. The second-order valence-electron chi connectivity index (χ2n) is 3.54. The van der Waals surface area contributed by atoms with Gasteiger partial charge in [0.2, 0.25) is 0 Å². The van der Waals surface area contributed by atoms with E-state index in [1.807, 2.05) is 18.2 Å². The van der Waals surface area contributed by atoms with Crippen molar-refractivity contribution in [3.8, 4) is 17.6 Å². The van der Waals surface area contributed by atoms with Crippen LogP contribution < -0.4 is 4.74 Å². The quantitative estimate of drug-likeness (QED) is 0.625. The first-order chi connectivity index (χ1) is 8.31. The van der Waals surface area contributed by atoms with Gasteiger partial charge in [0.05, 0.1) is 13.7 Å². The second-order valence-corrected chi connectivity index (χ2v) is 3.54. The topological polar surface area (TPSA) is 38.7 Å². The zero-order valence-electron chi connectivity index (χ0n) is 10.3. The van der Waals surface area contributed by atoms with E-state index in [0.717, 1.165) is 29.9 Å². The Morgan fingerprint density at radius 3 is 2.82 bits per heavy atom. The van der Waals surface area contributed by atoms with Gasteiger partial charge in [-0.05, 0) is 30.2 Å². The molecule has 0 aliphatic carbocycles. The van der Waals surface area contributed by atoms with E-state index in [4.69, 9.17) is 14.6 Å². The molecule has 0 unspecified atom stereocenters. The monoisotopic (exact) mass is 234 g/mol. The summed E-state index contributed by atoms with van der Waals surface area (Å²) in [7, 11) is 1.63. The fourth-order valence-electron chi connectivity index (χ4n) is 1.40. The largest absolute Gasteiger partial charge is 0.497 e. The summed E-state index contributed by atoms with van der Waals surface area (Å²) in [5.74, 6) is 6.33. The van der Waals surface area contributed by atoms with Crippen LogP contribution in [0, 0.1) is 11.8 Å². The molecule has 1 aromatic rings. The van der Waals surface area contributed by atoms with Crippen LogP contribution in [0.25, 0.3) is 0 Å². The van der Waals surface area contributed by atoms with Gasteiger partial charge in [-0.2, -0.15) is 0 Å². The molecule has 0 saturated heterocycles. The molecule has 0 spiro atoms. The molecule has 3 heteroatoms. The van der Waals surface area contributed by atoms with Crippen LogP contribution in [-0.2, 0) is 11.3 Å². The van der Waals surface area contributed by atoms with E-state index >= 15 is 0 Å². The maximum absolute atomic E-state index is 8.70. The minimum absolute atomic E-state index is 0.138. The third-order valence-corrected chi connectivity index (χ3v) is 2.22. The van der Waals surface area contributed by atoms with Crippen molar-refractivity contribution in [3.05, 3.63) is 29.3 Å². The Bertz CT molecular complexity index is 402. The number of aliphatic hydroxyl groups excluding tert-OH is 1. The molecule has 0 saturated carbocycles. The summed E-state index contributed by atoms with van der Waals surface area (Å²) in [6, 6.07) is 5.65. The Morgan fingerprint density at radius 1 is 1.35 bits per heavy atom. The summed E-state index contributed by atoms with van der Waals surface area (Å²) in [6.07, 6.45) is 0.988. The second kappa shape index (κ2) is 7.72. The third-order valence-electron chi connectivity index (χ3n) is 2.22. The van der Waals surface area contributed by atoms with E-state index < -0.39 is 0 Å². The van der Waals surface area contributed by atoms with Crippen molar-refractivity contribution in [1.29, 1.82) is 0 Å². The van der Waals surface area contributed by atoms with E-state index in [0.29, 0.717) is 6.61 Å². The van der Waals surface area contributed by atoms with E-state index in [-0.39, 0.29) is 6.61 Å². The lowest BCUT2D eigenvalue weighted by molar-refractivity contribution is 0.121. The van der Waals surface area contributed by atoms with E-state index in [9.17, 15) is 0 Å². The summed E-state index contributed by atoms with van der Waals surface area (Å²) >= 11 is 0. The van der Waals surface area contributed by atoms with Gasteiger partial charge in [-0.1, -0.05) is 18.8 Å². The van der Waals surface area contributed by atoms with Gasteiger partial charge in [0.25, 0.3) is 0 Å². The molecule has 0 bridgehead atoms. The first kappa shape index (κ1) is 13.6. The molecule has 0 amide bonds. The summed E-state index contributed by atoms with van der Waals surface area (Å²) in [5, 5.41) is 8.70. The number of ether oxygens (including phenoxy) is 2. The highest BCUT2D eigenvalue weighted by atomic mass is 16.5. The van der Waals surface area contributed by atoms with Gasteiger partial charge >= 0.3 is 0 Å². The molecule has 0 aromatic heterocycles. The van der Waals surface area contributed by atoms with Crippen LogP contribution in [0.4, 0.5) is 0 Å². The SMILES string of the molecule is CCCOCc1cc(OC)ccc1C#CCO. The van der Waals surface area contributed by atoms with Crippen molar-refractivity contribution in [2.75, 3.05) is 20.3 Å². The van der Waals surface area contributed by atoms with Gasteiger partial charge in [0.15, 0.2) is 0 Å². The molecule has 0 aliphatic rings. The number of rotatable bonds is 5. The van der Waals surface area contributed by atoms with Gasteiger partial charge in [-0.3, -0.25) is 0 Å². The van der Waals surface area contributed by atoms with Crippen LogP contribution in [0.5, 0.6) is 5.75 Å². The molecule has 1 rings (SSSR count). The highest BCUT2D eigenvalue weighted by molar-refractivity contribution is 5.45. The number of hydrogen-bond acceptors (Lipinski definition) is 3. The predicted octanol–water partition coefficient (Wildman–Crippen LogP) is 1.97. The van der Waals surface area contributed by atoms with E-state index in [1.54, 1.807) is 7.11 Å². The van der Waals surface area contributed by atoms with Gasteiger partial charge in [0.1, 0.15) is 12.4 Å². The van der Waals surface area contributed by atoms with E-state index in [1.165, 1.54) is 0 Å². The number of benzene rings is 1. The van der Waals surface area contributed by atoms with Crippen LogP contribution in [0.3, 0.4) is 0 Å². The molecule has 0 radical (unpaired) electrons. The fourth-order valence-corrected chi connectivity index (χ4v) is 1.40. The summed E-state index contributed by atoms with van der Waals surface area (Å²) in [4.78, 5) is 0. The fraction of sp³-hybridized carbons (Fsp3) is 0.429. The van der Waals surface area contributed by atoms with E-state index in [2.05, 4.69) is 18.8 Å². The molecule has 3 nitrogen and oxygen atoms in total. The van der Waals surface area contributed by atoms with Crippen molar-refractivity contribution in [2.45, 2.75) is 20.0 Å². The zero-order valence-corrected chi connectivity index (χ0v) is 10.3. The molecule has 0 atom stereocenters. The molecule has 1 aromatic carbocycles. The van der Waals surface area contributed by atoms with Crippen LogP contribution >= 0.6 is 0 Å². The molecule has 92 valence electrons. The van der Waals surface area contributed by atoms with Crippen molar-refractivity contribution in [3.63, 3.8) is 0 Å². The Labute approximate surface area is 102 Å². The minimum Gasteiger partial charge on any atom is -0.497 e. The molecule has 1 N–H and O–H groups in total. The van der Waals surface area contributed by atoms with Crippen molar-refractivity contribution < 1.29 is 14.6 Å². The maximum atomic E-state index is 8.70. The molecule has 0 aliphatic heterocycles. The maximum Gasteiger partial charge on any atom is 0.119 e. The number of methoxy groups -OCH3 is 1. The highest BCUT2D eigenvalue weighted by Gasteiger charge is 2.02. The van der Waals surface area contributed by atoms with Crippen LogP contribution in [0.2, 0.25) is 0 Å². The van der Waals surface area contributed by atoms with Crippen LogP contribution in [0.15, 0.2) is 18.2 Å². The number of hydrogen-bond donors (Lipinski definition) is 1. The predicted molar refractivity (Wildman–Crippen MR) is 66.9 cm³/mol. The molecule has 0 heterocycles. The number of aliphatic hydroxyl groups is 1. The van der Waals surface area contributed by atoms with Gasteiger partial charge < -0.3 is 14.6 Å². The van der Waals surface area contributed by atoms with Crippen LogP contribution in [0.1, 0.15) is 24.5 Å². The summed E-state index contributed by atoms with van der Waals surface area (Å²) < 4.78 is 10.7. The normalized spacial score (nSPS) is 9.59. The molecular weight excluding hydrogens is 216 g/mol. The Hall–Kier alpha value is -1.50. The summed E-state index contributed by atoms with van der Waals surface area (Å²) in [6.45, 7) is 3.17. The van der Waals surface area contributed by atoms with Crippen molar-refractivity contribution in [2.24, 2.45) is 0 Å². The minimum atomic E-state index is -0.138. The van der Waals surface area contributed by atoms with Gasteiger partial charge in [0, 0.05) is 12.2 Å². The smallest absolute Gasteiger partial charge is 0.119 e. The lowest BCUT2D eigenvalue weighted by atomic mass is 10.1. The molecular formula is C14H18O3. The summed E-state index contributed by atoms with van der Waals surface area (Å²) in [5.41, 5.74) is 1.86. The van der Waals surface area contributed by atoms with Gasteiger partial charge in [-0.25, -0.2) is 0 Å². The highest BCUT2D eigenvalue weighted by Crippen LogP contribution is 2.18.